The van der Waals surface area contributed by atoms with Gasteiger partial charge in [0.1, 0.15) is 23.6 Å². The lowest BCUT2D eigenvalue weighted by atomic mass is 10.1. The lowest BCUT2D eigenvalue weighted by Gasteiger charge is -2.21. The van der Waals surface area contributed by atoms with Gasteiger partial charge in [-0.1, -0.05) is 0 Å². The van der Waals surface area contributed by atoms with Gasteiger partial charge in [-0.2, -0.15) is 0 Å². The van der Waals surface area contributed by atoms with Gasteiger partial charge in [0.2, 0.25) is 0 Å². The van der Waals surface area contributed by atoms with E-state index in [9.17, 15) is 4.79 Å². The van der Waals surface area contributed by atoms with Crippen molar-refractivity contribution in [1.82, 2.24) is 10.2 Å². The molecule has 1 fully saturated rings. The summed E-state index contributed by atoms with van der Waals surface area (Å²) in [4.78, 5) is 18.6. The maximum Gasteiger partial charge on any atom is 0.341 e. The van der Waals surface area contributed by atoms with Gasteiger partial charge in [0, 0.05) is 32.7 Å². The zero-order valence-corrected chi connectivity index (χ0v) is 16.7. The van der Waals surface area contributed by atoms with E-state index in [0.29, 0.717) is 42.8 Å². The molecule has 27 heavy (non-hydrogen) atoms. The van der Waals surface area contributed by atoms with Crippen LogP contribution in [0, 0.1) is 12.8 Å². The Labute approximate surface area is 160 Å². The Balaban J connectivity index is 1.94. The summed E-state index contributed by atoms with van der Waals surface area (Å²) in [5.41, 5.74) is 0.446. The minimum absolute atomic E-state index is 0.367. The number of ether oxygens (including phenoxy) is 3. The normalized spacial score (nSPS) is 17.4. The van der Waals surface area contributed by atoms with Gasteiger partial charge in [-0.25, -0.2) is 9.79 Å². The molecule has 2 heterocycles. The van der Waals surface area contributed by atoms with Crippen molar-refractivity contribution in [3.8, 4) is 0 Å². The van der Waals surface area contributed by atoms with E-state index in [4.69, 9.17) is 18.6 Å². The number of hydrogen-bond acceptors (Lipinski definition) is 6. The smallest absolute Gasteiger partial charge is 0.341 e. The van der Waals surface area contributed by atoms with Crippen LogP contribution in [0.5, 0.6) is 0 Å². The largest absolute Gasteiger partial charge is 0.465 e. The van der Waals surface area contributed by atoms with E-state index < -0.39 is 5.97 Å². The summed E-state index contributed by atoms with van der Waals surface area (Å²) in [5, 5.41) is 3.33. The molecule has 0 radical (unpaired) electrons. The summed E-state index contributed by atoms with van der Waals surface area (Å²) in [6, 6.07) is 1.70. The molecular weight excluding hydrogens is 350 g/mol. The molecule has 0 saturated carbocycles. The van der Waals surface area contributed by atoms with Crippen LogP contribution in [0.25, 0.3) is 0 Å². The third kappa shape index (κ3) is 6.25. The first-order chi connectivity index (χ1) is 13.1. The van der Waals surface area contributed by atoms with Gasteiger partial charge >= 0.3 is 5.97 Å². The molecule has 0 spiro atoms. The van der Waals surface area contributed by atoms with Crippen LogP contribution in [0.2, 0.25) is 0 Å². The second kappa shape index (κ2) is 10.9. The van der Waals surface area contributed by atoms with Crippen LogP contribution in [-0.2, 0) is 20.8 Å². The second-order valence-electron chi connectivity index (χ2n) is 6.51. The molecule has 0 amide bonds. The minimum Gasteiger partial charge on any atom is -0.465 e. The van der Waals surface area contributed by atoms with Gasteiger partial charge in [0.05, 0.1) is 26.9 Å². The predicted molar refractivity (Wildman–Crippen MR) is 102 cm³/mol. The first kappa shape index (κ1) is 21.2. The van der Waals surface area contributed by atoms with Crippen molar-refractivity contribution in [2.75, 3.05) is 53.7 Å². The number of furan rings is 1. The second-order valence-corrected chi connectivity index (χ2v) is 6.51. The Morgan fingerprint density at radius 2 is 2.22 bits per heavy atom. The number of nitrogens with zero attached hydrogens (tertiary/aromatic N) is 2. The van der Waals surface area contributed by atoms with Gasteiger partial charge in [0.25, 0.3) is 0 Å². The molecule has 8 nitrogen and oxygen atoms in total. The van der Waals surface area contributed by atoms with Crippen molar-refractivity contribution >= 4 is 11.9 Å². The average molecular weight is 381 g/mol. The summed E-state index contributed by atoms with van der Waals surface area (Å²) in [7, 11) is 3.03. The first-order valence-electron chi connectivity index (χ1n) is 9.36. The fraction of sp³-hybridized carbons (Fsp3) is 0.684. The zero-order chi connectivity index (χ0) is 19.6. The average Bonchev–Trinajstić information content (AvgIpc) is 3.28. The molecule has 1 aliphatic rings. The molecule has 1 atom stereocenters. The summed E-state index contributed by atoms with van der Waals surface area (Å²) in [5.74, 6) is 2.13. The van der Waals surface area contributed by atoms with Crippen molar-refractivity contribution in [2.24, 2.45) is 10.9 Å². The highest BCUT2D eigenvalue weighted by molar-refractivity contribution is 5.90. The highest BCUT2D eigenvalue weighted by Gasteiger charge is 2.25. The molecule has 8 heteroatoms. The molecule has 1 aliphatic heterocycles. The number of guanidine groups is 1. The van der Waals surface area contributed by atoms with Gasteiger partial charge in [0.15, 0.2) is 5.96 Å². The molecule has 1 aromatic rings. The van der Waals surface area contributed by atoms with Crippen LogP contribution < -0.4 is 5.32 Å². The molecular formula is C19H31N3O5. The standard InChI is InChI=1S/C19H31N3O5/c1-5-20-19(22-7-6-15(12-22)13-26-9-8-24-3)21-11-16-10-17(14(2)27-16)18(23)25-4/h10,15H,5-9,11-13H2,1-4H3,(H,20,21). The van der Waals surface area contributed by atoms with E-state index in [1.54, 1.807) is 20.1 Å². The van der Waals surface area contributed by atoms with E-state index in [1.807, 2.05) is 6.92 Å². The number of carbonyl (C=O) groups is 1. The van der Waals surface area contributed by atoms with Crippen LogP contribution in [-0.4, -0.2) is 70.5 Å². The number of carbonyl (C=O) groups excluding carboxylic acids is 1. The van der Waals surface area contributed by atoms with Gasteiger partial charge in [-0.05, 0) is 26.3 Å². The molecule has 152 valence electrons. The molecule has 1 saturated heterocycles. The number of nitrogens with one attached hydrogen (secondary N) is 1. The maximum atomic E-state index is 11.7. The van der Waals surface area contributed by atoms with Crippen molar-refractivity contribution in [2.45, 2.75) is 26.8 Å². The van der Waals surface area contributed by atoms with E-state index in [2.05, 4.69) is 15.2 Å². The fourth-order valence-electron chi connectivity index (χ4n) is 3.07. The molecule has 2 rings (SSSR count). The van der Waals surface area contributed by atoms with Gasteiger partial charge < -0.3 is 28.8 Å². The lowest BCUT2D eigenvalue weighted by molar-refractivity contribution is 0.0536. The number of rotatable bonds is 9. The van der Waals surface area contributed by atoms with Gasteiger partial charge in [-0.3, -0.25) is 0 Å². The van der Waals surface area contributed by atoms with Crippen LogP contribution in [0.15, 0.2) is 15.5 Å². The summed E-state index contributed by atoms with van der Waals surface area (Å²) in [6.07, 6.45) is 1.07. The summed E-state index contributed by atoms with van der Waals surface area (Å²) in [6.45, 7) is 8.78. The highest BCUT2D eigenvalue weighted by atomic mass is 16.5. The number of methoxy groups -OCH3 is 2. The molecule has 1 aromatic heterocycles. The third-order valence-corrected chi connectivity index (χ3v) is 4.46. The van der Waals surface area contributed by atoms with E-state index >= 15 is 0 Å². The molecule has 0 aliphatic carbocycles. The first-order valence-corrected chi connectivity index (χ1v) is 9.36. The van der Waals surface area contributed by atoms with Gasteiger partial charge in [-0.15, -0.1) is 0 Å². The van der Waals surface area contributed by atoms with E-state index in [0.717, 1.165) is 38.6 Å². The topological polar surface area (TPSA) is 85.5 Å². The monoisotopic (exact) mass is 381 g/mol. The van der Waals surface area contributed by atoms with E-state index in [1.165, 1.54) is 7.11 Å². The SMILES string of the molecule is CCNC(=NCc1cc(C(=O)OC)c(C)o1)N1CCC(COCCOC)C1. The lowest BCUT2D eigenvalue weighted by Crippen LogP contribution is -2.40. The van der Waals surface area contributed by atoms with Crippen molar-refractivity contribution in [3.05, 3.63) is 23.2 Å². The number of likely N-dealkylation sites (tertiary alicyclic amines) is 1. The van der Waals surface area contributed by atoms with Crippen LogP contribution in [0.4, 0.5) is 0 Å². The Bertz CT molecular complexity index is 629. The molecule has 1 unspecified atom stereocenters. The van der Waals surface area contributed by atoms with Crippen molar-refractivity contribution < 1.29 is 23.4 Å². The Kier molecular flexibility index (Phi) is 8.60. The van der Waals surface area contributed by atoms with Crippen molar-refractivity contribution in [3.63, 3.8) is 0 Å². The Hall–Kier alpha value is -2.06. The van der Waals surface area contributed by atoms with E-state index in [-0.39, 0.29) is 0 Å². The number of esters is 1. The number of hydrogen-bond donors (Lipinski definition) is 1. The molecule has 1 N–H and O–H groups in total. The van der Waals surface area contributed by atoms with Crippen LogP contribution in [0.3, 0.4) is 0 Å². The molecule has 0 bridgehead atoms. The Morgan fingerprint density at radius 3 is 2.93 bits per heavy atom. The summed E-state index contributed by atoms with van der Waals surface area (Å²) < 4.78 is 21.1. The fourth-order valence-corrected chi connectivity index (χ4v) is 3.07. The number of aliphatic imine (C=N–C) groups is 1. The maximum absolute atomic E-state index is 11.7. The van der Waals surface area contributed by atoms with Crippen molar-refractivity contribution in [1.29, 1.82) is 0 Å². The quantitative estimate of drug-likeness (QED) is 0.302. The highest BCUT2D eigenvalue weighted by Crippen LogP contribution is 2.19. The molecule has 0 aromatic carbocycles. The summed E-state index contributed by atoms with van der Waals surface area (Å²) >= 11 is 0. The zero-order valence-electron chi connectivity index (χ0n) is 16.7. The van der Waals surface area contributed by atoms with Crippen LogP contribution in [0.1, 0.15) is 35.2 Å². The van der Waals surface area contributed by atoms with Crippen LogP contribution >= 0.6 is 0 Å². The Morgan fingerprint density at radius 1 is 1.41 bits per heavy atom. The predicted octanol–water partition coefficient (Wildman–Crippen LogP) is 1.83. The third-order valence-electron chi connectivity index (χ3n) is 4.46. The minimum atomic E-state index is -0.394. The number of aryl methyl sites for hydroxylation is 1.